The number of anilines is 4. The lowest BCUT2D eigenvalue weighted by atomic mass is 9.97. The standard InChI is InChI=1S/C35H31N3O4S/c1-23-10-9-15-29(24(23)2)35(26-12-5-4-6-13-26)43(41,42)37(3)27-17-19-28(20-18-27)38-31-21-16-25-11-7-8-14-30(25)34(31)36-32(39)22-33(38)40/h4-21,35H,22H2,1-3H3,(H,36,39). The highest BCUT2D eigenvalue weighted by Crippen LogP contribution is 2.41. The average Bonchev–Trinajstić information content (AvgIpc) is 3.14. The quantitative estimate of drug-likeness (QED) is 0.216. The van der Waals surface area contributed by atoms with Crippen molar-refractivity contribution in [2.45, 2.75) is 25.5 Å². The highest BCUT2D eigenvalue weighted by molar-refractivity contribution is 7.93. The van der Waals surface area contributed by atoms with Crippen LogP contribution in [0.25, 0.3) is 10.8 Å². The summed E-state index contributed by atoms with van der Waals surface area (Å²) in [7, 11) is -2.39. The Morgan fingerprint density at radius 1 is 0.791 bits per heavy atom. The smallest absolute Gasteiger partial charge is 0.246 e. The van der Waals surface area contributed by atoms with E-state index < -0.39 is 15.3 Å². The lowest BCUT2D eigenvalue weighted by Crippen LogP contribution is -2.32. The number of hydrogen-bond donors (Lipinski definition) is 1. The van der Waals surface area contributed by atoms with Gasteiger partial charge in [0.15, 0.2) is 0 Å². The molecule has 0 saturated heterocycles. The molecule has 1 atom stereocenters. The Hall–Kier alpha value is -4.95. The van der Waals surface area contributed by atoms with Gasteiger partial charge in [0.1, 0.15) is 11.7 Å². The average molecular weight is 590 g/mol. The Bertz CT molecular complexity index is 1970. The van der Waals surface area contributed by atoms with Crippen LogP contribution in [0.3, 0.4) is 0 Å². The van der Waals surface area contributed by atoms with Crippen LogP contribution in [-0.2, 0) is 19.6 Å². The summed E-state index contributed by atoms with van der Waals surface area (Å²) in [5.74, 6) is -0.759. The third-order valence-corrected chi connectivity index (χ3v) is 10.3. The van der Waals surface area contributed by atoms with E-state index in [2.05, 4.69) is 5.32 Å². The molecule has 1 aliphatic heterocycles. The van der Waals surface area contributed by atoms with Gasteiger partial charge in [-0.05, 0) is 71.8 Å². The molecular weight excluding hydrogens is 558 g/mol. The Morgan fingerprint density at radius 2 is 1.49 bits per heavy atom. The van der Waals surface area contributed by atoms with E-state index in [1.165, 1.54) is 9.21 Å². The van der Waals surface area contributed by atoms with Crippen LogP contribution >= 0.6 is 0 Å². The normalized spacial score (nSPS) is 14.2. The Morgan fingerprint density at radius 3 is 2.23 bits per heavy atom. The second kappa shape index (κ2) is 11.0. The summed E-state index contributed by atoms with van der Waals surface area (Å²) in [5, 5.41) is 3.76. The molecule has 1 aliphatic rings. The molecule has 0 spiro atoms. The van der Waals surface area contributed by atoms with Crippen molar-refractivity contribution in [2.75, 3.05) is 21.6 Å². The maximum atomic E-state index is 14.3. The van der Waals surface area contributed by atoms with Crippen molar-refractivity contribution in [3.63, 3.8) is 0 Å². The Kier molecular flexibility index (Phi) is 7.23. The van der Waals surface area contributed by atoms with E-state index in [0.717, 1.165) is 27.5 Å². The van der Waals surface area contributed by atoms with E-state index in [1.807, 2.05) is 98.8 Å². The second-order valence-electron chi connectivity index (χ2n) is 10.7. The number of carbonyl (C=O) groups is 2. The monoisotopic (exact) mass is 589 g/mol. The van der Waals surface area contributed by atoms with Crippen molar-refractivity contribution in [1.82, 2.24) is 0 Å². The highest BCUT2D eigenvalue weighted by atomic mass is 32.2. The fourth-order valence-electron chi connectivity index (χ4n) is 5.71. The molecule has 7 nitrogen and oxygen atoms in total. The van der Waals surface area contributed by atoms with Gasteiger partial charge in [-0.3, -0.25) is 18.8 Å². The number of aryl methyl sites for hydroxylation is 1. The van der Waals surface area contributed by atoms with Crippen LogP contribution in [0.15, 0.2) is 109 Å². The molecule has 43 heavy (non-hydrogen) atoms. The Balaban J connectivity index is 1.40. The van der Waals surface area contributed by atoms with Crippen LogP contribution < -0.4 is 14.5 Å². The van der Waals surface area contributed by atoms with E-state index in [-0.39, 0.29) is 18.2 Å². The zero-order valence-corrected chi connectivity index (χ0v) is 24.9. The van der Waals surface area contributed by atoms with E-state index in [1.54, 1.807) is 31.3 Å². The van der Waals surface area contributed by atoms with Crippen LogP contribution in [-0.4, -0.2) is 27.3 Å². The van der Waals surface area contributed by atoms with Crippen LogP contribution in [0.1, 0.15) is 33.9 Å². The molecule has 0 aromatic heterocycles. The topological polar surface area (TPSA) is 86.8 Å². The van der Waals surface area contributed by atoms with E-state index in [0.29, 0.717) is 28.3 Å². The molecule has 1 N–H and O–H groups in total. The SMILES string of the molecule is Cc1cccc(C(c2ccccc2)S(=O)(=O)N(C)c2ccc(N3C(=O)CC(=O)Nc4c3ccc3ccccc43)cc2)c1C. The number of carbonyl (C=O) groups excluding carboxylic acids is 2. The molecule has 0 saturated carbocycles. The number of nitrogens with zero attached hydrogens (tertiary/aromatic N) is 2. The number of amides is 2. The number of fused-ring (bicyclic) bond motifs is 3. The van der Waals surface area contributed by atoms with Gasteiger partial charge in [-0.25, -0.2) is 8.42 Å². The van der Waals surface area contributed by atoms with Crippen LogP contribution in [0.4, 0.5) is 22.7 Å². The van der Waals surface area contributed by atoms with E-state index >= 15 is 0 Å². The predicted octanol–water partition coefficient (Wildman–Crippen LogP) is 7.02. The van der Waals surface area contributed by atoms with Gasteiger partial charge >= 0.3 is 0 Å². The third-order valence-electron chi connectivity index (χ3n) is 8.16. The van der Waals surface area contributed by atoms with Crippen molar-refractivity contribution < 1.29 is 18.0 Å². The van der Waals surface area contributed by atoms with Gasteiger partial charge in [-0.2, -0.15) is 0 Å². The largest absolute Gasteiger partial charge is 0.323 e. The molecule has 5 aromatic rings. The maximum Gasteiger partial charge on any atom is 0.246 e. The number of sulfonamides is 1. The molecule has 0 aliphatic carbocycles. The molecular formula is C35H31N3O4S. The van der Waals surface area contributed by atoms with Crippen LogP contribution in [0.5, 0.6) is 0 Å². The second-order valence-corrected chi connectivity index (χ2v) is 12.8. The fourth-order valence-corrected chi connectivity index (χ4v) is 7.52. The van der Waals surface area contributed by atoms with E-state index in [9.17, 15) is 18.0 Å². The van der Waals surface area contributed by atoms with Crippen molar-refractivity contribution >= 4 is 55.4 Å². The number of benzene rings is 5. The first-order valence-electron chi connectivity index (χ1n) is 14.0. The minimum absolute atomic E-state index is 0.312. The molecule has 0 radical (unpaired) electrons. The van der Waals surface area contributed by atoms with Gasteiger partial charge < -0.3 is 5.32 Å². The van der Waals surface area contributed by atoms with Crippen molar-refractivity contribution in [3.8, 4) is 0 Å². The van der Waals surface area contributed by atoms with Gasteiger partial charge in [0, 0.05) is 18.1 Å². The molecule has 1 heterocycles. The fraction of sp³-hybridized carbons (Fsp3) is 0.143. The van der Waals surface area contributed by atoms with Crippen molar-refractivity contribution in [2.24, 2.45) is 0 Å². The summed E-state index contributed by atoms with van der Waals surface area (Å²) < 4.78 is 29.9. The summed E-state index contributed by atoms with van der Waals surface area (Å²) in [6.07, 6.45) is -0.312. The zero-order valence-electron chi connectivity index (χ0n) is 24.1. The number of nitrogens with one attached hydrogen (secondary N) is 1. The summed E-state index contributed by atoms with van der Waals surface area (Å²) in [4.78, 5) is 27.5. The van der Waals surface area contributed by atoms with Gasteiger partial charge in [-0.15, -0.1) is 0 Å². The molecule has 1 unspecified atom stereocenters. The lowest BCUT2D eigenvalue weighted by molar-refractivity contribution is -0.124. The molecule has 8 heteroatoms. The van der Waals surface area contributed by atoms with Gasteiger partial charge in [0.05, 0.1) is 17.1 Å². The first-order chi connectivity index (χ1) is 20.7. The van der Waals surface area contributed by atoms with Crippen molar-refractivity contribution in [3.05, 3.63) is 131 Å². The Labute approximate surface area is 251 Å². The molecule has 0 bridgehead atoms. The molecule has 216 valence electrons. The van der Waals surface area contributed by atoms with Gasteiger partial charge in [0.2, 0.25) is 21.8 Å². The van der Waals surface area contributed by atoms with Gasteiger partial charge in [-0.1, -0.05) is 78.9 Å². The first kappa shape index (κ1) is 28.2. The zero-order chi connectivity index (χ0) is 30.3. The highest BCUT2D eigenvalue weighted by Gasteiger charge is 2.35. The minimum Gasteiger partial charge on any atom is -0.323 e. The maximum absolute atomic E-state index is 14.3. The van der Waals surface area contributed by atoms with E-state index in [4.69, 9.17) is 0 Å². The lowest BCUT2D eigenvalue weighted by Gasteiger charge is -2.29. The first-order valence-corrected chi connectivity index (χ1v) is 15.5. The number of rotatable bonds is 6. The molecule has 2 amide bonds. The van der Waals surface area contributed by atoms with Crippen molar-refractivity contribution in [1.29, 1.82) is 0 Å². The molecule has 0 fully saturated rings. The predicted molar refractivity (Wildman–Crippen MR) is 172 cm³/mol. The summed E-state index contributed by atoms with van der Waals surface area (Å²) in [6.45, 7) is 3.92. The molecule has 5 aromatic carbocycles. The molecule has 6 rings (SSSR count). The number of hydrogen-bond acceptors (Lipinski definition) is 4. The summed E-state index contributed by atoms with van der Waals surface area (Å²) in [6, 6.07) is 33.2. The minimum atomic E-state index is -3.94. The van der Waals surface area contributed by atoms with Crippen LogP contribution in [0, 0.1) is 13.8 Å². The summed E-state index contributed by atoms with van der Waals surface area (Å²) in [5.41, 5.74) is 5.45. The third kappa shape index (κ3) is 5.04. The van der Waals surface area contributed by atoms with Crippen LogP contribution in [0.2, 0.25) is 0 Å². The summed E-state index contributed by atoms with van der Waals surface area (Å²) >= 11 is 0. The van der Waals surface area contributed by atoms with Gasteiger partial charge in [0.25, 0.3) is 0 Å².